The standard InChI is InChI=1S/C54H100O6/c1-4-7-10-13-16-19-22-24-25-26-27-28-29-31-32-35-38-41-44-47-53(56)59-50-51(49-58-52(55)46-43-40-37-34-21-18-15-12-9-6-3)60-54(57)48-45-42-39-36-33-30-23-20-17-14-11-8-5-2/h12,15,20,23,51H,4-11,13-14,16-19,21-22,24-50H2,1-3H3/b15-12-,23-20-. The summed E-state index contributed by atoms with van der Waals surface area (Å²) in [6.45, 7) is 6.58. The van der Waals surface area contributed by atoms with Gasteiger partial charge in [0.05, 0.1) is 0 Å². The molecule has 0 N–H and O–H groups in total. The Bertz CT molecular complexity index is 973. The molecule has 0 aliphatic rings. The van der Waals surface area contributed by atoms with Gasteiger partial charge in [-0.25, -0.2) is 0 Å². The summed E-state index contributed by atoms with van der Waals surface area (Å²) in [5, 5.41) is 0. The molecule has 0 saturated carbocycles. The first kappa shape index (κ1) is 57.9. The largest absolute Gasteiger partial charge is 0.462 e. The predicted molar refractivity (Wildman–Crippen MR) is 256 cm³/mol. The third-order valence-corrected chi connectivity index (χ3v) is 11.7. The highest BCUT2D eigenvalue weighted by Gasteiger charge is 2.19. The summed E-state index contributed by atoms with van der Waals surface area (Å²) in [5.74, 6) is -0.881. The zero-order valence-electron chi connectivity index (χ0n) is 40.2. The Morgan fingerprint density at radius 1 is 0.317 bits per heavy atom. The van der Waals surface area contributed by atoms with Gasteiger partial charge in [0.1, 0.15) is 13.2 Å². The van der Waals surface area contributed by atoms with E-state index in [9.17, 15) is 14.4 Å². The van der Waals surface area contributed by atoms with Gasteiger partial charge in [0.25, 0.3) is 0 Å². The average molecular weight is 845 g/mol. The lowest BCUT2D eigenvalue weighted by Gasteiger charge is -2.18. The molecule has 1 unspecified atom stereocenters. The minimum Gasteiger partial charge on any atom is -0.462 e. The Morgan fingerprint density at radius 3 is 0.917 bits per heavy atom. The van der Waals surface area contributed by atoms with E-state index in [1.54, 1.807) is 0 Å². The van der Waals surface area contributed by atoms with Gasteiger partial charge in [0, 0.05) is 19.3 Å². The van der Waals surface area contributed by atoms with Crippen LogP contribution in [0, 0.1) is 0 Å². The van der Waals surface area contributed by atoms with E-state index in [2.05, 4.69) is 45.1 Å². The van der Waals surface area contributed by atoms with Crippen molar-refractivity contribution in [3.8, 4) is 0 Å². The van der Waals surface area contributed by atoms with Gasteiger partial charge in [0.2, 0.25) is 0 Å². The number of carbonyl (C=O) groups excluding carboxylic acids is 3. The second-order valence-electron chi connectivity index (χ2n) is 17.8. The summed E-state index contributed by atoms with van der Waals surface area (Å²) >= 11 is 0. The Morgan fingerprint density at radius 2 is 0.583 bits per heavy atom. The third-order valence-electron chi connectivity index (χ3n) is 11.7. The SMILES string of the molecule is CCC/C=C\CCCCCCCC(=O)OCC(COC(=O)CCCCCCCCCCCCCCCCCCCCC)OC(=O)CCCCCCC/C=C\CCCCCC. The van der Waals surface area contributed by atoms with Crippen LogP contribution in [0.1, 0.15) is 284 Å². The Labute approximate surface area is 373 Å². The maximum absolute atomic E-state index is 12.8. The van der Waals surface area contributed by atoms with E-state index in [4.69, 9.17) is 14.2 Å². The summed E-state index contributed by atoms with van der Waals surface area (Å²) < 4.78 is 16.8. The van der Waals surface area contributed by atoms with E-state index in [0.29, 0.717) is 19.3 Å². The lowest BCUT2D eigenvalue weighted by atomic mass is 10.0. The number of hydrogen-bond acceptors (Lipinski definition) is 6. The minimum absolute atomic E-state index is 0.0736. The van der Waals surface area contributed by atoms with Crippen molar-refractivity contribution in [1.29, 1.82) is 0 Å². The Balaban J connectivity index is 4.26. The molecule has 1 atom stereocenters. The highest BCUT2D eigenvalue weighted by atomic mass is 16.6. The molecule has 0 aromatic heterocycles. The lowest BCUT2D eigenvalue weighted by Crippen LogP contribution is -2.30. The van der Waals surface area contributed by atoms with Crippen molar-refractivity contribution in [2.24, 2.45) is 0 Å². The number of rotatable bonds is 48. The highest BCUT2D eigenvalue weighted by Crippen LogP contribution is 2.16. The van der Waals surface area contributed by atoms with E-state index < -0.39 is 6.10 Å². The minimum atomic E-state index is -0.773. The number of allylic oxidation sites excluding steroid dienone is 4. The van der Waals surface area contributed by atoms with E-state index in [0.717, 1.165) is 77.0 Å². The van der Waals surface area contributed by atoms with Crippen molar-refractivity contribution in [2.75, 3.05) is 13.2 Å². The number of hydrogen-bond donors (Lipinski definition) is 0. The molecule has 0 amide bonds. The van der Waals surface area contributed by atoms with Crippen LogP contribution in [0.4, 0.5) is 0 Å². The zero-order valence-corrected chi connectivity index (χ0v) is 40.2. The maximum Gasteiger partial charge on any atom is 0.306 e. The van der Waals surface area contributed by atoms with Crippen molar-refractivity contribution in [1.82, 2.24) is 0 Å². The zero-order chi connectivity index (χ0) is 43.7. The van der Waals surface area contributed by atoms with Crippen molar-refractivity contribution >= 4 is 17.9 Å². The number of esters is 3. The number of ether oxygens (including phenoxy) is 3. The molecule has 0 aromatic rings. The Hall–Kier alpha value is -2.11. The van der Waals surface area contributed by atoms with Gasteiger partial charge < -0.3 is 14.2 Å². The molecular formula is C54H100O6. The molecule has 6 nitrogen and oxygen atoms in total. The average Bonchev–Trinajstić information content (AvgIpc) is 3.24. The molecule has 0 heterocycles. The molecule has 0 aromatic carbocycles. The van der Waals surface area contributed by atoms with Crippen LogP contribution in [-0.4, -0.2) is 37.2 Å². The van der Waals surface area contributed by atoms with E-state index in [1.165, 1.54) is 167 Å². The first-order valence-electron chi connectivity index (χ1n) is 26.3. The van der Waals surface area contributed by atoms with Gasteiger partial charge in [-0.1, -0.05) is 225 Å². The van der Waals surface area contributed by atoms with Gasteiger partial charge in [-0.2, -0.15) is 0 Å². The molecule has 352 valence electrons. The normalized spacial score (nSPS) is 12.1. The molecule has 0 radical (unpaired) electrons. The van der Waals surface area contributed by atoms with Crippen LogP contribution in [0.5, 0.6) is 0 Å². The second kappa shape index (κ2) is 49.5. The fourth-order valence-electron chi connectivity index (χ4n) is 7.68. The molecule has 6 heteroatoms. The molecule has 0 saturated heterocycles. The van der Waals surface area contributed by atoms with Gasteiger partial charge in [0.15, 0.2) is 6.10 Å². The third kappa shape index (κ3) is 46.9. The fraction of sp³-hybridized carbons (Fsp3) is 0.870. The van der Waals surface area contributed by atoms with Crippen LogP contribution >= 0.6 is 0 Å². The van der Waals surface area contributed by atoms with Gasteiger partial charge in [-0.3, -0.25) is 14.4 Å². The molecule has 60 heavy (non-hydrogen) atoms. The second-order valence-corrected chi connectivity index (χ2v) is 17.8. The molecule has 0 aliphatic carbocycles. The highest BCUT2D eigenvalue weighted by molar-refractivity contribution is 5.71. The van der Waals surface area contributed by atoms with Crippen molar-refractivity contribution in [3.05, 3.63) is 24.3 Å². The Kier molecular flexibility index (Phi) is 47.8. The van der Waals surface area contributed by atoms with Crippen LogP contribution in [0.3, 0.4) is 0 Å². The number of carbonyl (C=O) groups is 3. The monoisotopic (exact) mass is 845 g/mol. The van der Waals surface area contributed by atoms with Crippen LogP contribution in [0.2, 0.25) is 0 Å². The summed E-state index contributed by atoms with van der Waals surface area (Å²) in [6.07, 6.45) is 56.0. The van der Waals surface area contributed by atoms with Crippen LogP contribution in [0.25, 0.3) is 0 Å². The fourth-order valence-corrected chi connectivity index (χ4v) is 7.68. The van der Waals surface area contributed by atoms with E-state index in [1.807, 2.05) is 0 Å². The van der Waals surface area contributed by atoms with Gasteiger partial charge in [-0.05, 0) is 64.2 Å². The van der Waals surface area contributed by atoms with Gasteiger partial charge in [-0.15, -0.1) is 0 Å². The van der Waals surface area contributed by atoms with Crippen LogP contribution < -0.4 is 0 Å². The first-order valence-corrected chi connectivity index (χ1v) is 26.3. The quantitative estimate of drug-likeness (QED) is 0.0263. The number of unbranched alkanes of at least 4 members (excludes halogenated alkanes) is 33. The van der Waals surface area contributed by atoms with Crippen LogP contribution in [0.15, 0.2) is 24.3 Å². The van der Waals surface area contributed by atoms with E-state index >= 15 is 0 Å². The molecule has 0 aliphatic heterocycles. The summed E-state index contributed by atoms with van der Waals surface area (Å²) in [4.78, 5) is 37.9. The van der Waals surface area contributed by atoms with Crippen molar-refractivity contribution in [2.45, 2.75) is 290 Å². The molecule has 0 fully saturated rings. The lowest BCUT2D eigenvalue weighted by molar-refractivity contribution is -0.167. The summed E-state index contributed by atoms with van der Waals surface area (Å²) in [7, 11) is 0. The van der Waals surface area contributed by atoms with Gasteiger partial charge >= 0.3 is 17.9 Å². The van der Waals surface area contributed by atoms with Crippen LogP contribution in [-0.2, 0) is 28.6 Å². The van der Waals surface area contributed by atoms with E-state index in [-0.39, 0.29) is 31.1 Å². The molecular weight excluding hydrogens is 745 g/mol. The molecule has 0 spiro atoms. The topological polar surface area (TPSA) is 78.9 Å². The maximum atomic E-state index is 12.8. The van der Waals surface area contributed by atoms with Crippen molar-refractivity contribution < 1.29 is 28.6 Å². The summed E-state index contributed by atoms with van der Waals surface area (Å²) in [6, 6.07) is 0. The molecule has 0 bridgehead atoms. The summed E-state index contributed by atoms with van der Waals surface area (Å²) in [5.41, 5.74) is 0. The predicted octanol–water partition coefficient (Wildman–Crippen LogP) is 17.2. The first-order chi connectivity index (χ1) is 29.5. The van der Waals surface area contributed by atoms with Crippen molar-refractivity contribution in [3.63, 3.8) is 0 Å². The smallest absolute Gasteiger partial charge is 0.306 e. The molecule has 0 rings (SSSR count).